The summed E-state index contributed by atoms with van der Waals surface area (Å²) in [5.74, 6) is -1.48. The molecule has 0 radical (unpaired) electrons. The summed E-state index contributed by atoms with van der Waals surface area (Å²) in [6, 6.07) is 8.76. The monoisotopic (exact) mass is 271 g/mol. The van der Waals surface area contributed by atoms with Gasteiger partial charge in [0.05, 0.1) is 0 Å². The molecule has 0 aliphatic carbocycles. The van der Waals surface area contributed by atoms with Crippen molar-refractivity contribution in [2.75, 3.05) is 6.54 Å². The van der Waals surface area contributed by atoms with Crippen LogP contribution in [0.5, 0.6) is 0 Å². The standard InChI is InChI=1S/C11H13NO5S/c13-10(11(14)15)8-12-18(16,17)7-6-9-4-2-1-3-5-9/h1-7,10,12-13H,8H2,(H,14,15). The Kier molecular flexibility index (Phi) is 5.02. The summed E-state index contributed by atoms with van der Waals surface area (Å²) in [6.45, 7) is -0.573. The van der Waals surface area contributed by atoms with Crippen molar-refractivity contribution in [3.63, 3.8) is 0 Å². The Labute approximate surface area is 105 Å². The van der Waals surface area contributed by atoms with E-state index < -0.39 is 28.6 Å². The molecule has 18 heavy (non-hydrogen) atoms. The number of rotatable bonds is 6. The van der Waals surface area contributed by atoms with Crippen LogP contribution in [0.1, 0.15) is 5.56 Å². The number of benzene rings is 1. The summed E-state index contributed by atoms with van der Waals surface area (Å²) in [6.07, 6.45) is -0.389. The highest BCUT2D eigenvalue weighted by atomic mass is 32.2. The van der Waals surface area contributed by atoms with Crippen molar-refractivity contribution < 1.29 is 23.4 Å². The van der Waals surface area contributed by atoms with Crippen molar-refractivity contribution in [2.45, 2.75) is 6.10 Å². The van der Waals surface area contributed by atoms with Gasteiger partial charge >= 0.3 is 5.97 Å². The molecular formula is C11H13NO5S. The third kappa shape index (κ3) is 5.09. The number of aliphatic carboxylic acids is 1. The molecule has 0 aliphatic heterocycles. The highest BCUT2D eigenvalue weighted by molar-refractivity contribution is 7.92. The summed E-state index contributed by atoms with van der Waals surface area (Å²) in [5, 5.41) is 18.2. The lowest BCUT2D eigenvalue weighted by molar-refractivity contribution is -0.146. The Balaban J connectivity index is 2.60. The molecule has 0 aromatic heterocycles. The predicted molar refractivity (Wildman–Crippen MR) is 66.0 cm³/mol. The molecule has 1 rings (SSSR count). The molecule has 0 bridgehead atoms. The van der Waals surface area contributed by atoms with Crippen LogP contribution in [0.4, 0.5) is 0 Å². The molecule has 0 saturated heterocycles. The van der Waals surface area contributed by atoms with E-state index in [-0.39, 0.29) is 0 Å². The van der Waals surface area contributed by atoms with Crippen molar-refractivity contribution in [3.8, 4) is 0 Å². The lowest BCUT2D eigenvalue weighted by Crippen LogP contribution is -2.35. The van der Waals surface area contributed by atoms with Gasteiger partial charge in [-0.05, 0) is 11.6 Å². The number of hydrogen-bond acceptors (Lipinski definition) is 4. The number of sulfonamides is 1. The lowest BCUT2D eigenvalue weighted by atomic mass is 10.2. The maximum Gasteiger partial charge on any atom is 0.333 e. The Morgan fingerprint density at radius 2 is 1.94 bits per heavy atom. The predicted octanol–water partition coefficient (Wildman–Crippen LogP) is 0.0222. The average molecular weight is 271 g/mol. The van der Waals surface area contributed by atoms with Gasteiger partial charge in [0.25, 0.3) is 0 Å². The first-order valence-corrected chi connectivity index (χ1v) is 6.59. The van der Waals surface area contributed by atoms with Crippen LogP contribution >= 0.6 is 0 Å². The molecule has 6 nitrogen and oxygen atoms in total. The zero-order valence-corrected chi connectivity index (χ0v) is 10.2. The van der Waals surface area contributed by atoms with Gasteiger partial charge in [0.2, 0.25) is 10.0 Å². The van der Waals surface area contributed by atoms with E-state index in [1.54, 1.807) is 30.3 Å². The van der Waals surface area contributed by atoms with Crippen LogP contribution < -0.4 is 4.72 Å². The van der Waals surface area contributed by atoms with Gasteiger partial charge in [-0.15, -0.1) is 0 Å². The van der Waals surface area contributed by atoms with Crippen molar-refractivity contribution in [1.29, 1.82) is 0 Å². The van der Waals surface area contributed by atoms with Crippen molar-refractivity contribution >= 4 is 22.1 Å². The molecule has 3 N–H and O–H groups in total. The average Bonchev–Trinajstić information content (AvgIpc) is 2.35. The maximum absolute atomic E-state index is 11.4. The number of hydrogen-bond donors (Lipinski definition) is 3. The van der Waals surface area contributed by atoms with Gasteiger partial charge in [-0.25, -0.2) is 17.9 Å². The first-order valence-electron chi connectivity index (χ1n) is 5.04. The van der Waals surface area contributed by atoms with Crippen molar-refractivity contribution in [3.05, 3.63) is 41.3 Å². The minimum Gasteiger partial charge on any atom is -0.479 e. The van der Waals surface area contributed by atoms with E-state index >= 15 is 0 Å². The molecule has 0 spiro atoms. The molecule has 0 heterocycles. The van der Waals surface area contributed by atoms with E-state index in [0.717, 1.165) is 5.41 Å². The lowest BCUT2D eigenvalue weighted by Gasteiger charge is -2.05. The highest BCUT2D eigenvalue weighted by Crippen LogP contribution is 2.02. The van der Waals surface area contributed by atoms with Crippen LogP contribution in [0.3, 0.4) is 0 Å². The van der Waals surface area contributed by atoms with Gasteiger partial charge in [0.15, 0.2) is 6.10 Å². The third-order valence-corrected chi connectivity index (χ3v) is 3.07. The quantitative estimate of drug-likeness (QED) is 0.677. The van der Waals surface area contributed by atoms with Gasteiger partial charge in [-0.3, -0.25) is 0 Å². The second-order valence-electron chi connectivity index (χ2n) is 3.46. The van der Waals surface area contributed by atoms with Crippen molar-refractivity contribution in [2.24, 2.45) is 0 Å². The Hall–Kier alpha value is -1.70. The zero-order chi connectivity index (χ0) is 13.6. The Morgan fingerprint density at radius 1 is 1.33 bits per heavy atom. The van der Waals surface area contributed by atoms with E-state index in [1.807, 2.05) is 4.72 Å². The fraction of sp³-hybridized carbons (Fsp3) is 0.182. The molecule has 0 aliphatic rings. The summed E-state index contributed by atoms with van der Waals surface area (Å²) in [7, 11) is -3.76. The molecule has 1 unspecified atom stereocenters. The number of aliphatic hydroxyl groups is 1. The van der Waals surface area contributed by atoms with Gasteiger partial charge in [0.1, 0.15) is 0 Å². The zero-order valence-electron chi connectivity index (χ0n) is 9.35. The molecule has 98 valence electrons. The van der Waals surface area contributed by atoms with Crippen LogP contribution in [-0.4, -0.2) is 37.2 Å². The second kappa shape index (κ2) is 6.29. The minimum absolute atomic E-state index is 0.573. The first kappa shape index (κ1) is 14.4. The minimum atomic E-state index is -3.76. The molecule has 7 heteroatoms. The van der Waals surface area contributed by atoms with Crippen LogP contribution in [0.15, 0.2) is 35.7 Å². The van der Waals surface area contributed by atoms with Crippen LogP contribution in [-0.2, 0) is 14.8 Å². The summed E-state index contributed by atoms with van der Waals surface area (Å²) in [4.78, 5) is 10.3. The third-order valence-electron chi connectivity index (χ3n) is 2.00. The SMILES string of the molecule is O=C(O)C(O)CNS(=O)(=O)C=Cc1ccccc1. The molecule has 0 fully saturated rings. The Bertz CT molecular complexity index is 524. The van der Waals surface area contributed by atoms with Crippen molar-refractivity contribution in [1.82, 2.24) is 4.72 Å². The normalized spacial score (nSPS) is 13.6. The van der Waals surface area contributed by atoms with E-state index in [0.29, 0.717) is 5.56 Å². The number of carbonyl (C=O) groups is 1. The molecule has 1 aromatic rings. The van der Waals surface area contributed by atoms with Gasteiger partial charge in [-0.1, -0.05) is 30.3 Å². The Morgan fingerprint density at radius 3 is 2.50 bits per heavy atom. The highest BCUT2D eigenvalue weighted by Gasteiger charge is 2.15. The molecular weight excluding hydrogens is 258 g/mol. The smallest absolute Gasteiger partial charge is 0.333 e. The first-order chi connectivity index (χ1) is 8.41. The number of nitrogens with one attached hydrogen (secondary N) is 1. The summed E-state index contributed by atoms with van der Waals surface area (Å²) in [5.41, 5.74) is 0.696. The largest absolute Gasteiger partial charge is 0.479 e. The van der Waals surface area contributed by atoms with E-state index in [9.17, 15) is 13.2 Å². The van der Waals surface area contributed by atoms with E-state index in [4.69, 9.17) is 10.2 Å². The molecule has 1 atom stereocenters. The van der Waals surface area contributed by atoms with Crippen LogP contribution in [0.2, 0.25) is 0 Å². The molecule has 1 aromatic carbocycles. The summed E-state index contributed by atoms with van der Waals surface area (Å²) < 4.78 is 24.8. The second-order valence-corrected chi connectivity index (χ2v) is 5.11. The topological polar surface area (TPSA) is 104 Å². The van der Waals surface area contributed by atoms with Crippen LogP contribution in [0.25, 0.3) is 6.08 Å². The number of carboxylic acid groups (broad SMARTS) is 1. The maximum atomic E-state index is 11.4. The fourth-order valence-electron chi connectivity index (χ4n) is 1.06. The number of aliphatic hydroxyl groups excluding tert-OH is 1. The number of carboxylic acids is 1. The van der Waals surface area contributed by atoms with Crippen LogP contribution in [0, 0.1) is 0 Å². The van der Waals surface area contributed by atoms with E-state index in [1.165, 1.54) is 6.08 Å². The molecule has 0 amide bonds. The van der Waals surface area contributed by atoms with Gasteiger partial charge in [-0.2, -0.15) is 0 Å². The van der Waals surface area contributed by atoms with Gasteiger partial charge < -0.3 is 10.2 Å². The summed E-state index contributed by atoms with van der Waals surface area (Å²) >= 11 is 0. The fourth-order valence-corrected chi connectivity index (χ4v) is 1.89. The van der Waals surface area contributed by atoms with E-state index in [2.05, 4.69) is 0 Å². The van der Waals surface area contributed by atoms with Gasteiger partial charge in [0, 0.05) is 12.0 Å². The molecule has 0 saturated carbocycles.